The number of hydrogen-bond acceptors (Lipinski definition) is 3. The van der Waals surface area contributed by atoms with Crippen molar-refractivity contribution in [1.29, 1.82) is 0 Å². The van der Waals surface area contributed by atoms with E-state index >= 15 is 0 Å². The lowest BCUT2D eigenvalue weighted by Crippen LogP contribution is -2.33. The number of aromatic nitrogens is 1. The first-order chi connectivity index (χ1) is 9.34. The van der Waals surface area contributed by atoms with E-state index in [0.717, 1.165) is 17.3 Å². The van der Waals surface area contributed by atoms with Crippen LogP contribution in [0.15, 0.2) is 36.5 Å². The molecule has 4 nitrogen and oxygen atoms in total. The predicted molar refractivity (Wildman–Crippen MR) is 75.1 cm³/mol. The largest absolute Gasteiger partial charge is 0.349 e. The molecule has 19 heavy (non-hydrogen) atoms. The van der Waals surface area contributed by atoms with Crippen molar-refractivity contribution in [1.82, 2.24) is 15.6 Å². The van der Waals surface area contributed by atoms with Gasteiger partial charge in [-0.15, -0.1) is 0 Å². The van der Waals surface area contributed by atoms with Gasteiger partial charge < -0.3 is 10.6 Å². The average Bonchev–Trinajstić information content (AvgIpc) is 3.27. The molecule has 2 aromatic rings. The van der Waals surface area contributed by atoms with E-state index < -0.39 is 0 Å². The maximum absolute atomic E-state index is 12.1. The number of nitrogens with one attached hydrogen (secondary N) is 2. The van der Waals surface area contributed by atoms with Crippen molar-refractivity contribution in [2.24, 2.45) is 0 Å². The summed E-state index contributed by atoms with van der Waals surface area (Å²) in [5.41, 5.74) is 0.504. The Kier molecular flexibility index (Phi) is 3.42. The topological polar surface area (TPSA) is 54.0 Å². The van der Waals surface area contributed by atoms with Gasteiger partial charge in [-0.05, 0) is 24.3 Å². The Morgan fingerprint density at radius 1 is 1.21 bits per heavy atom. The molecular formula is C15H17N3O. The van der Waals surface area contributed by atoms with Crippen molar-refractivity contribution in [3.05, 3.63) is 42.2 Å². The van der Waals surface area contributed by atoms with E-state index in [-0.39, 0.29) is 5.91 Å². The monoisotopic (exact) mass is 255 g/mol. The molecule has 0 aliphatic heterocycles. The van der Waals surface area contributed by atoms with E-state index in [0.29, 0.717) is 18.3 Å². The molecule has 1 amide bonds. The van der Waals surface area contributed by atoms with Gasteiger partial charge in [-0.1, -0.05) is 24.3 Å². The Morgan fingerprint density at radius 3 is 2.89 bits per heavy atom. The highest BCUT2D eigenvalue weighted by atomic mass is 16.1. The SMILES string of the molecule is O=C(NCCNC1CC1)c1nccc2ccccc12. The lowest BCUT2D eigenvalue weighted by atomic mass is 10.1. The fraction of sp³-hybridized carbons (Fsp3) is 0.333. The summed E-state index contributed by atoms with van der Waals surface area (Å²) in [6, 6.07) is 10.4. The molecule has 0 unspecified atom stereocenters. The van der Waals surface area contributed by atoms with Crippen LogP contribution in [0.5, 0.6) is 0 Å². The summed E-state index contributed by atoms with van der Waals surface area (Å²) < 4.78 is 0. The standard InChI is InChI=1S/C15H17N3O/c19-15(18-10-9-16-12-5-6-12)14-13-4-2-1-3-11(13)7-8-17-14/h1-4,7-8,12,16H,5-6,9-10H2,(H,18,19). The summed E-state index contributed by atoms with van der Waals surface area (Å²) in [7, 11) is 0. The van der Waals surface area contributed by atoms with Crippen LogP contribution in [0.4, 0.5) is 0 Å². The summed E-state index contributed by atoms with van der Waals surface area (Å²) in [6.45, 7) is 1.46. The first-order valence-corrected chi connectivity index (χ1v) is 6.70. The lowest BCUT2D eigenvalue weighted by Gasteiger charge is -2.07. The van der Waals surface area contributed by atoms with E-state index in [4.69, 9.17) is 0 Å². The molecule has 0 saturated heterocycles. The molecule has 1 heterocycles. The highest BCUT2D eigenvalue weighted by Crippen LogP contribution is 2.18. The fourth-order valence-corrected chi connectivity index (χ4v) is 2.12. The number of hydrogen-bond donors (Lipinski definition) is 2. The summed E-state index contributed by atoms with van der Waals surface area (Å²) in [5.74, 6) is -0.102. The van der Waals surface area contributed by atoms with Crippen molar-refractivity contribution in [3.8, 4) is 0 Å². The zero-order valence-electron chi connectivity index (χ0n) is 10.7. The van der Waals surface area contributed by atoms with E-state index in [1.165, 1.54) is 12.8 Å². The smallest absolute Gasteiger partial charge is 0.270 e. The third-order valence-electron chi connectivity index (χ3n) is 3.31. The number of pyridine rings is 1. The van der Waals surface area contributed by atoms with E-state index in [2.05, 4.69) is 15.6 Å². The minimum atomic E-state index is -0.102. The molecule has 1 aliphatic rings. The molecule has 0 radical (unpaired) electrons. The second-order valence-electron chi connectivity index (χ2n) is 4.86. The fourth-order valence-electron chi connectivity index (χ4n) is 2.12. The number of nitrogens with zero attached hydrogens (tertiary/aromatic N) is 1. The molecule has 2 N–H and O–H groups in total. The van der Waals surface area contributed by atoms with Crippen molar-refractivity contribution in [3.63, 3.8) is 0 Å². The Hall–Kier alpha value is -1.94. The average molecular weight is 255 g/mol. The Bertz CT molecular complexity index is 587. The second-order valence-corrected chi connectivity index (χ2v) is 4.86. The third kappa shape index (κ3) is 2.90. The quantitative estimate of drug-likeness (QED) is 0.800. The van der Waals surface area contributed by atoms with Crippen LogP contribution in [0.2, 0.25) is 0 Å². The second kappa shape index (κ2) is 5.36. The molecule has 4 heteroatoms. The summed E-state index contributed by atoms with van der Waals surface area (Å²) in [4.78, 5) is 16.3. The minimum Gasteiger partial charge on any atom is -0.349 e. The predicted octanol–water partition coefficient (Wildman–Crippen LogP) is 1.72. The number of rotatable bonds is 5. The van der Waals surface area contributed by atoms with Gasteiger partial charge in [-0.2, -0.15) is 0 Å². The van der Waals surface area contributed by atoms with Crippen LogP contribution in [0.1, 0.15) is 23.3 Å². The number of fused-ring (bicyclic) bond motifs is 1. The summed E-state index contributed by atoms with van der Waals surface area (Å²) in [6.07, 6.45) is 4.21. The zero-order chi connectivity index (χ0) is 13.1. The van der Waals surface area contributed by atoms with Gasteiger partial charge in [0.05, 0.1) is 0 Å². The van der Waals surface area contributed by atoms with Crippen molar-refractivity contribution in [2.75, 3.05) is 13.1 Å². The molecule has 1 saturated carbocycles. The molecule has 0 spiro atoms. The molecule has 0 bridgehead atoms. The van der Waals surface area contributed by atoms with Crippen LogP contribution in [0.25, 0.3) is 10.8 Å². The highest BCUT2D eigenvalue weighted by Gasteiger charge is 2.19. The van der Waals surface area contributed by atoms with Crippen LogP contribution >= 0.6 is 0 Å². The summed E-state index contributed by atoms with van der Waals surface area (Å²) >= 11 is 0. The van der Waals surface area contributed by atoms with Gasteiger partial charge >= 0.3 is 0 Å². The highest BCUT2D eigenvalue weighted by molar-refractivity contribution is 6.05. The van der Waals surface area contributed by atoms with E-state index in [9.17, 15) is 4.79 Å². The summed E-state index contributed by atoms with van der Waals surface area (Å²) in [5, 5.41) is 8.22. The van der Waals surface area contributed by atoms with Gasteiger partial charge in [-0.3, -0.25) is 9.78 Å². The maximum Gasteiger partial charge on any atom is 0.270 e. The molecule has 98 valence electrons. The van der Waals surface area contributed by atoms with Crippen LogP contribution in [-0.4, -0.2) is 30.0 Å². The van der Waals surface area contributed by atoms with Crippen LogP contribution in [0.3, 0.4) is 0 Å². The molecule has 1 aromatic carbocycles. The molecule has 1 aromatic heterocycles. The first kappa shape index (κ1) is 12.1. The first-order valence-electron chi connectivity index (χ1n) is 6.70. The minimum absolute atomic E-state index is 0.102. The van der Waals surface area contributed by atoms with E-state index in [1.807, 2.05) is 30.3 Å². The number of carbonyl (C=O) groups is 1. The normalized spacial score (nSPS) is 14.5. The van der Waals surface area contributed by atoms with Crippen molar-refractivity contribution >= 4 is 16.7 Å². The Labute approximate surface area is 112 Å². The van der Waals surface area contributed by atoms with Gasteiger partial charge in [0.1, 0.15) is 5.69 Å². The Morgan fingerprint density at radius 2 is 2.05 bits per heavy atom. The molecule has 1 aliphatic carbocycles. The van der Waals surface area contributed by atoms with Crippen LogP contribution < -0.4 is 10.6 Å². The maximum atomic E-state index is 12.1. The van der Waals surface area contributed by atoms with Crippen molar-refractivity contribution < 1.29 is 4.79 Å². The van der Waals surface area contributed by atoms with Crippen molar-refractivity contribution in [2.45, 2.75) is 18.9 Å². The van der Waals surface area contributed by atoms with Gasteiger partial charge in [0, 0.05) is 30.7 Å². The third-order valence-corrected chi connectivity index (χ3v) is 3.31. The lowest BCUT2D eigenvalue weighted by molar-refractivity contribution is 0.0950. The molecule has 1 fully saturated rings. The van der Waals surface area contributed by atoms with E-state index in [1.54, 1.807) is 6.20 Å². The van der Waals surface area contributed by atoms with Gasteiger partial charge in [0.15, 0.2) is 0 Å². The van der Waals surface area contributed by atoms with Crippen LogP contribution in [-0.2, 0) is 0 Å². The number of carbonyl (C=O) groups excluding carboxylic acids is 1. The molecule has 0 atom stereocenters. The van der Waals surface area contributed by atoms with Gasteiger partial charge in [0.25, 0.3) is 5.91 Å². The number of amides is 1. The van der Waals surface area contributed by atoms with Gasteiger partial charge in [-0.25, -0.2) is 0 Å². The molecular weight excluding hydrogens is 238 g/mol. The zero-order valence-corrected chi connectivity index (χ0v) is 10.7. The number of benzene rings is 1. The van der Waals surface area contributed by atoms with Gasteiger partial charge in [0.2, 0.25) is 0 Å². The Balaban J connectivity index is 1.66. The molecule has 3 rings (SSSR count). The van der Waals surface area contributed by atoms with Crippen LogP contribution in [0, 0.1) is 0 Å².